The minimum Gasteiger partial charge on any atom is -0.402 e. The second kappa shape index (κ2) is 7.62. The van der Waals surface area contributed by atoms with Crippen molar-refractivity contribution in [2.45, 2.75) is 0 Å². The molecule has 0 saturated heterocycles. The number of fused-ring (bicyclic) bond motifs is 2. The Morgan fingerprint density at radius 3 is 1.48 bits per heavy atom. The van der Waals surface area contributed by atoms with Crippen molar-refractivity contribution in [3.05, 3.63) is 77.3 Å². The molecule has 0 aliphatic rings. The molecule has 0 N–H and O–H groups in total. The van der Waals surface area contributed by atoms with Gasteiger partial charge in [0.25, 0.3) is 0 Å². The molecule has 3 heterocycles. The van der Waals surface area contributed by atoms with Crippen molar-refractivity contribution in [3.8, 4) is 21.5 Å². The third kappa shape index (κ3) is 3.43. The number of halogens is 4. The Bertz CT molecular complexity index is 1520. The lowest BCUT2D eigenvalue weighted by molar-refractivity contribution is 0.519. The number of hydrogen-bond donors (Lipinski definition) is 0. The van der Waals surface area contributed by atoms with Gasteiger partial charge >= 0.3 is 11.3 Å². The molecule has 0 radical (unpaired) electrons. The van der Waals surface area contributed by atoms with Gasteiger partial charge in [0.05, 0.1) is 40.6 Å². The summed E-state index contributed by atoms with van der Waals surface area (Å²) < 4.78 is 10.7. The van der Waals surface area contributed by atoms with Crippen molar-refractivity contribution in [1.29, 1.82) is 0 Å². The van der Waals surface area contributed by atoms with Crippen LogP contribution >= 0.6 is 57.7 Å². The van der Waals surface area contributed by atoms with Gasteiger partial charge in [-0.25, -0.2) is 19.6 Å². The van der Waals surface area contributed by atoms with Gasteiger partial charge in [-0.1, -0.05) is 46.4 Å². The molecule has 0 aliphatic heterocycles. The summed E-state index contributed by atoms with van der Waals surface area (Å²) in [5.41, 5.74) is -0.755. The smallest absolute Gasteiger partial charge is 0.347 e. The number of thiophene rings is 1. The predicted octanol–water partition coefficient (Wildman–Crippen LogP) is 6.70. The fourth-order valence-electron chi connectivity index (χ4n) is 2.94. The van der Waals surface area contributed by atoms with Gasteiger partial charge in [0, 0.05) is 0 Å². The fraction of sp³-hybridized carbons (Fsp3) is 0. The van der Waals surface area contributed by atoms with E-state index in [0.29, 0.717) is 9.75 Å². The van der Waals surface area contributed by atoms with Crippen molar-refractivity contribution in [2.75, 3.05) is 0 Å². The molecule has 3 aromatic heterocycles. The van der Waals surface area contributed by atoms with E-state index in [1.165, 1.54) is 24.3 Å². The van der Waals surface area contributed by atoms with Crippen molar-refractivity contribution < 1.29 is 8.83 Å². The molecule has 0 spiro atoms. The Labute approximate surface area is 196 Å². The lowest BCUT2D eigenvalue weighted by atomic mass is 10.2. The number of hydrogen-bond acceptors (Lipinski definition) is 7. The van der Waals surface area contributed by atoms with Gasteiger partial charge in [-0.2, -0.15) is 0 Å². The topological polar surface area (TPSA) is 86.2 Å². The summed E-state index contributed by atoms with van der Waals surface area (Å²) in [6.45, 7) is 0. The van der Waals surface area contributed by atoms with E-state index in [9.17, 15) is 9.59 Å². The highest BCUT2D eigenvalue weighted by molar-refractivity contribution is 7.18. The van der Waals surface area contributed by atoms with Crippen LogP contribution in [0, 0.1) is 0 Å². The molecule has 0 bridgehead atoms. The van der Waals surface area contributed by atoms with Gasteiger partial charge < -0.3 is 8.83 Å². The molecule has 2 aromatic carbocycles. The van der Waals surface area contributed by atoms with Gasteiger partial charge in [0.15, 0.2) is 0 Å². The lowest BCUT2D eigenvalue weighted by Gasteiger charge is -2.03. The van der Waals surface area contributed by atoms with Crippen LogP contribution in [0.15, 0.2) is 54.8 Å². The highest BCUT2D eigenvalue weighted by Gasteiger charge is 2.18. The molecule has 154 valence electrons. The van der Waals surface area contributed by atoms with Crippen LogP contribution < -0.4 is 11.3 Å². The first-order valence-electron chi connectivity index (χ1n) is 8.52. The number of rotatable bonds is 2. The zero-order valence-electron chi connectivity index (χ0n) is 14.9. The summed E-state index contributed by atoms with van der Waals surface area (Å²) in [7, 11) is 0. The van der Waals surface area contributed by atoms with E-state index in [4.69, 9.17) is 55.2 Å². The first kappa shape index (κ1) is 20.5. The number of nitrogens with zero attached hydrogens (tertiary/aromatic N) is 2. The summed E-state index contributed by atoms with van der Waals surface area (Å²) in [4.78, 5) is 34.4. The van der Waals surface area contributed by atoms with Crippen molar-refractivity contribution in [3.63, 3.8) is 0 Å². The zero-order chi connectivity index (χ0) is 21.9. The van der Waals surface area contributed by atoms with E-state index in [1.54, 1.807) is 12.1 Å². The maximum Gasteiger partial charge on any atom is 0.347 e. The fourth-order valence-corrected chi connectivity index (χ4v) is 4.52. The summed E-state index contributed by atoms with van der Waals surface area (Å²) in [5, 5.41) is 1.26. The van der Waals surface area contributed by atoms with E-state index < -0.39 is 11.3 Å². The van der Waals surface area contributed by atoms with Crippen LogP contribution in [0.4, 0.5) is 0 Å². The van der Waals surface area contributed by atoms with Crippen LogP contribution in [0.2, 0.25) is 20.1 Å². The second-order valence-electron chi connectivity index (χ2n) is 6.29. The Morgan fingerprint density at radius 2 is 1.06 bits per heavy atom. The van der Waals surface area contributed by atoms with Crippen LogP contribution in [-0.2, 0) is 0 Å². The van der Waals surface area contributed by atoms with Gasteiger partial charge in [0.1, 0.15) is 11.0 Å². The van der Waals surface area contributed by atoms with Gasteiger partial charge in [0.2, 0.25) is 11.8 Å². The SMILES string of the molecule is O=c1oc(-c2ccc(-c3nc4c(Cl)c(Cl)ccc4c(=O)o3)s2)nc2c(Cl)c(Cl)ccc12. The largest absolute Gasteiger partial charge is 0.402 e. The highest BCUT2D eigenvalue weighted by Crippen LogP contribution is 2.36. The third-order valence-electron chi connectivity index (χ3n) is 4.41. The molecule has 31 heavy (non-hydrogen) atoms. The average molecular weight is 512 g/mol. The quantitative estimate of drug-likeness (QED) is 0.262. The first-order chi connectivity index (χ1) is 14.8. The standard InChI is InChI=1S/C20H6Cl4N2O4S/c21-9-3-1-7-15(13(9)23)25-17(29-19(7)27)11-5-6-12(31-11)18-26-16-8(20(28)30-18)2-4-10(22)14(16)24/h1-6H. The molecule has 0 aliphatic carbocycles. The van der Waals surface area contributed by atoms with Crippen LogP contribution in [0.25, 0.3) is 43.3 Å². The summed E-state index contributed by atoms with van der Waals surface area (Å²) >= 11 is 25.6. The molecule has 0 amide bonds. The van der Waals surface area contributed by atoms with Crippen molar-refractivity contribution in [1.82, 2.24) is 9.97 Å². The molecular formula is C20H6Cl4N2O4S. The van der Waals surface area contributed by atoms with Gasteiger partial charge in [-0.3, -0.25) is 0 Å². The maximum atomic E-state index is 12.4. The monoisotopic (exact) mass is 510 g/mol. The normalized spacial score (nSPS) is 11.5. The molecule has 0 atom stereocenters. The Kier molecular flexibility index (Phi) is 5.03. The molecule has 0 saturated carbocycles. The van der Waals surface area contributed by atoms with Crippen molar-refractivity contribution in [2.24, 2.45) is 0 Å². The van der Waals surface area contributed by atoms with Crippen molar-refractivity contribution >= 4 is 79.5 Å². The molecule has 0 unspecified atom stereocenters. The average Bonchev–Trinajstić information content (AvgIpc) is 3.24. The molecule has 6 nitrogen and oxygen atoms in total. The highest BCUT2D eigenvalue weighted by atomic mass is 35.5. The summed E-state index contributed by atoms with van der Waals surface area (Å²) in [6.07, 6.45) is 0. The minimum atomic E-state index is -0.606. The van der Waals surface area contributed by atoms with Gasteiger partial charge in [-0.15, -0.1) is 11.3 Å². The van der Waals surface area contributed by atoms with Gasteiger partial charge in [-0.05, 0) is 36.4 Å². The molecule has 5 aromatic rings. The Morgan fingerprint density at radius 1 is 0.645 bits per heavy atom. The van der Waals surface area contributed by atoms with E-state index >= 15 is 0 Å². The molecule has 0 fully saturated rings. The molecule has 11 heteroatoms. The predicted molar refractivity (Wildman–Crippen MR) is 123 cm³/mol. The van der Waals surface area contributed by atoms with E-state index in [1.807, 2.05) is 0 Å². The zero-order valence-corrected chi connectivity index (χ0v) is 18.8. The minimum absolute atomic E-state index is 0.0436. The number of aromatic nitrogens is 2. The Hall–Kier alpha value is -2.42. The molecular weight excluding hydrogens is 506 g/mol. The van der Waals surface area contributed by atoms with Crippen LogP contribution in [-0.4, -0.2) is 9.97 Å². The first-order valence-corrected chi connectivity index (χ1v) is 10.8. The van der Waals surface area contributed by atoms with E-state index in [2.05, 4.69) is 9.97 Å². The van der Waals surface area contributed by atoms with Crippen LogP contribution in [0.3, 0.4) is 0 Å². The van der Waals surface area contributed by atoms with Crippen LogP contribution in [0.5, 0.6) is 0 Å². The number of benzene rings is 2. The summed E-state index contributed by atoms with van der Waals surface area (Å²) in [6, 6.07) is 9.29. The second-order valence-corrected chi connectivity index (χ2v) is 8.95. The Balaban J connectivity index is 1.66. The van der Waals surface area contributed by atoms with E-state index in [0.717, 1.165) is 11.3 Å². The molecule has 5 rings (SSSR count). The lowest BCUT2D eigenvalue weighted by Crippen LogP contribution is -2.03. The maximum absolute atomic E-state index is 12.4. The third-order valence-corrected chi connectivity index (χ3v) is 7.06. The van der Waals surface area contributed by atoms with Crippen LogP contribution in [0.1, 0.15) is 0 Å². The van der Waals surface area contributed by atoms with E-state index in [-0.39, 0.29) is 53.7 Å². The summed E-state index contributed by atoms with van der Waals surface area (Å²) in [5.74, 6) is 0.0873.